The van der Waals surface area contributed by atoms with Crippen molar-refractivity contribution in [2.24, 2.45) is 5.73 Å². The molecule has 0 unspecified atom stereocenters. The molecule has 7 heteroatoms. The molecule has 2 rings (SSSR count). The Bertz CT molecular complexity index is 687. The molecular weight excluding hydrogens is 342 g/mol. The summed E-state index contributed by atoms with van der Waals surface area (Å²) in [6.45, 7) is 0.543. The summed E-state index contributed by atoms with van der Waals surface area (Å²) in [7, 11) is -3.61. The number of nitrogens with one attached hydrogen (secondary N) is 1. The van der Waals surface area contributed by atoms with E-state index in [1.807, 2.05) is 24.3 Å². The molecular formula is C13H14BrN3O2S. The second kappa shape index (κ2) is 6.45. The van der Waals surface area contributed by atoms with Crippen LogP contribution in [0.4, 0.5) is 0 Å². The first-order valence-electron chi connectivity index (χ1n) is 5.90. The number of aromatic nitrogens is 1. The molecule has 106 valence electrons. The van der Waals surface area contributed by atoms with Gasteiger partial charge in [0.25, 0.3) is 10.0 Å². The number of benzene rings is 1. The summed E-state index contributed by atoms with van der Waals surface area (Å²) in [5.41, 5.74) is 7.10. The summed E-state index contributed by atoms with van der Waals surface area (Å²) in [5, 5.41) is -0.00954. The van der Waals surface area contributed by atoms with Crippen molar-refractivity contribution in [2.75, 3.05) is 0 Å². The predicted molar refractivity (Wildman–Crippen MR) is 80.3 cm³/mol. The smallest absolute Gasteiger partial charge is 0.258 e. The molecule has 3 N–H and O–H groups in total. The zero-order valence-corrected chi connectivity index (χ0v) is 13.0. The quantitative estimate of drug-likeness (QED) is 0.855. The number of hydrogen-bond donors (Lipinski definition) is 2. The highest BCUT2D eigenvalue weighted by molar-refractivity contribution is 9.10. The lowest BCUT2D eigenvalue weighted by Crippen LogP contribution is -2.24. The third-order valence-corrected chi connectivity index (χ3v) is 4.47. The van der Waals surface area contributed by atoms with E-state index in [0.29, 0.717) is 6.54 Å². The maximum absolute atomic E-state index is 12.1. The molecule has 20 heavy (non-hydrogen) atoms. The van der Waals surface area contributed by atoms with E-state index in [-0.39, 0.29) is 11.6 Å². The van der Waals surface area contributed by atoms with Crippen LogP contribution in [-0.4, -0.2) is 13.4 Å². The minimum absolute atomic E-state index is 0.00954. The van der Waals surface area contributed by atoms with Gasteiger partial charge in [0.15, 0.2) is 5.03 Å². The predicted octanol–water partition coefficient (Wildman–Crippen LogP) is 1.78. The lowest BCUT2D eigenvalue weighted by Gasteiger charge is -2.07. The van der Waals surface area contributed by atoms with Crippen LogP contribution in [0.25, 0.3) is 0 Å². The number of nitrogens with zero attached hydrogens (tertiary/aromatic N) is 1. The lowest BCUT2D eigenvalue weighted by atomic mass is 10.2. The van der Waals surface area contributed by atoms with E-state index in [0.717, 1.165) is 15.6 Å². The first-order valence-corrected chi connectivity index (χ1v) is 8.18. The van der Waals surface area contributed by atoms with E-state index in [1.54, 1.807) is 6.07 Å². The lowest BCUT2D eigenvalue weighted by molar-refractivity contribution is 0.577. The largest absolute Gasteiger partial charge is 0.326 e. The molecule has 0 saturated carbocycles. The first-order chi connectivity index (χ1) is 9.51. The minimum Gasteiger partial charge on any atom is -0.326 e. The SMILES string of the molecule is NCc1ccc(S(=O)(=O)NCc2cccc(Br)c2)nc1. The van der Waals surface area contributed by atoms with E-state index in [4.69, 9.17) is 5.73 Å². The Kier molecular flexibility index (Phi) is 4.87. The van der Waals surface area contributed by atoms with Gasteiger partial charge in [0, 0.05) is 23.8 Å². The Hall–Kier alpha value is -1.28. The molecule has 0 aliphatic carbocycles. The second-order valence-electron chi connectivity index (χ2n) is 4.16. The third-order valence-electron chi connectivity index (χ3n) is 2.66. The van der Waals surface area contributed by atoms with Crippen molar-refractivity contribution < 1.29 is 8.42 Å². The molecule has 0 aliphatic heterocycles. The average Bonchev–Trinajstić information content (AvgIpc) is 2.45. The fourth-order valence-corrected chi connectivity index (χ4v) is 2.98. The maximum Gasteiger partial charge on any atom is 0.258 e. The normalized spacial score (nSPS) is 11.5. The molecule has 0 atom stereocenters. The topological polar surface area (TPSA) is 85.1 Å². The van der Waals surface area contributed by atoms with Crippen molar-refractivity contribution in [1.29, 1.82) is 0 Å². The van der Waals surface area contributed by atoms with Crippen LogP contribution in [0.2, 0.25) is 0 Å². The van der Waals surface area contributed by atoms with Gasteiger partial charge in [0.05, 0.1) is 0 Å². The summed E-state index contributed by atoms with van der Waals surface area (Å²) in [5.74, 6) is 0. The number of pyridine rings is 1. The molecule has 2 aromatic rings. The van der Waals surface area contributed by atoms with Crippen LogP contribution in [0.1, 0.15) is 11.1 Å². The molecule has 1 aromatic heterocycles. The van der Waals surface area contributed by atoms with Crippen molar-refractivity contribution in [3.05, 3.63) is 58.2 Å². The molecule has 1 aromatic carbocycles. The van der Waals surface area contributed by atoms with Crippen LogP contribution in [0.15, 0.2) is 52.1 Å². The highest BCUT2D eigenvalue weighted by Crippen LogP contribution is 2.12. The fourth-order valence-electron chi connectivity index (χ4n) is 1.59. The van der Waals surface area contributed by atoms with Gasteiger partial charge >= 0.3 is 0 Å². The van der Waals surface area contributed by atoms with Crippen molar-refractivity contribution >= 4 is 26.0 Å². The van der Waals surface area contributed by atoms with Crippen molar-refractivity contribution in [2.45, 2.75) is 18.1 Å². The van der Waals surface area contributed by atoms with Gasteiger partial charge in [0.2, 0.25) is 0 Å². The maximum atomic E-state index is 12.1. The highest BCUT2D eigenvalue weighted by Gasteiger charge is 2.15. The van der Waals surface area contributed by atoms with Gasteiger partial charge in [-0.05, 0) is 29.3 Å². The van der Waals surface area contributed by atoms with E-state index >= 15 is 0 Å². The second-order valence-corrected chi connectivity index (χ2v) is 6.79. The zero-order valence-electron chi connectivity index (χ0n) is 10.6. The number of rotatable bonds is 5. The van der Waals surface area contributed by atoms with Crippen molar-refractivity contribution in [3.8, 4) is 0 Å². The molecule has 1 heterocycles. The fraction of sp³-hybridized carbons (Fsp3) is 0.154. The van der Waals surface area contributed by atoms with Gasteiger partial charge < -0.3 is 5.73 Å². The Morgan fingerprint density at radius 3 is 2.60 bits per heavy atom. The van der Waals surface area contributed by atoms with E-state index < -0.39 is 10.0 Å². The van der Waals surface area contributed by atoms with E-state index in [2.05, 4.69) is 25.6 Å². The van der Waals surface area contributed by atoms with Crippen molar-refractivity contribution in [3.63, 3.8) is 0 Å². The Balaban J connectivity index is 2.10. The number of sulfonamides is 1. The molecule has 0 saturated heterocycles. The molecule has 0 amide bonds. The van der Waals surface area contributed by atoms with Gasteiger partial charge in [-0.25, -0.2) is 18.1 Å². The summed E-state index contributed by atoms with van der Waals surface area (Å²) in [6.07, 6.45) is 1.47. The summed E-state index contributed by atoms with van der Waals surface area (Å²) in [4.78, 5) is 3.91. The molecule has 0 radical (unpaired) electrons. The first kappa shape index (κ1) is 15.1. The van der Waals surface area contributed by atoms with Gasteiger partial charge in [-0.1, -0.05) is 34.1 Å². The molecule has 0 bridgehead atoms. The minimum atomic E-state index is -3.61. The van der Waals surface area contributed by atoms with E-state index in [1.165, 1.54) is 12.3 Å². The van der Waals surface area contributed by atoms with Gasteiger partial charge in [-0.15, -0.1) is 0 Å². The average molecular weight is 356 g/mol. The molecule has 0 spiro atoms. The van der Waals surface area contributed by atoms with Gasteiger partial charge in [-0.3, -0.25) is 0 Å². The molecule has 5 nitrogen and oxygen atoms in total. The van der Waals surface area contributed by atoms with Crippen LogP contribution in [0, 0.1) is 0 Å². The van der Waals surface area contributed by atoms with Crippen LogP contribution in [-0.2, 0) is 23.1 Å². The third kappa shape index (κ3) is 3.86. The van der Waals surface area contributed by atoms with Crippen LogP contribution in [0.5, 0.6) is 0 Å². The summed E-state index contributed by atoms with van der Waals surface area (Å²) >= 11 is 3.34. The summed E-state index contributed by atoms with van der Waals surface area (Å²) < 4.78 is 27.6. The Morgan fingerprint density at radius 2 is 2.00 bits per heavy atom. The van der Waals surface area contributed by atoms with Gasteiger partial charge in [0.1, 0.15) is 0 Å². The zero-order chi connectivity index (χ0) is 14.6. The monoisotopic (exact) mass is 355 g/mol. The number of halogens is 1. The van der Waals surface area contributed by atoms with Crippen molar-refractivity contribution in [1.82, 2.24) is 9.71 Å². The standard InChI is InChI=1S/C13H14BrN3O2S/c14-12-3-1-2-10(6-12)9-17-20(18,19)13-5-4-11(7-15)8-16-13/h1-6,8,17H,7,9,15H2. The number of hydrogen-bond acceptors (Lipinski definition) is 4. The Labute approximate surface area is 126 Å². The summed E-state index contributed by atoms with van der Waals surface area (Å²) in [6, 6.07) is 10.5. The molecule has 0 aliphatic rings. The number of nitrogens with two attached hydrogens (primary N) is 1. The van der Waals surface area contributed by atoms with E-state index in [9.17, 15) is 8.42 Å². The van der Waals surface area contributed by atoms with Crippen LogP contribution < -0.4 is 10.5 Å². The Morgan fingerprint density at radius 1 is 1.20 bits per heavy atom. The van der Waals surface area contributed by atoms with Gasteiger partial charge in [-0.2, -0.15) is 0 Å². The van der Waals surface area contributed by atoms with Crippen LogP contribution in [0.3, 0.4) is 0 Å². The van der Waals surface area contributed by atoms with Crippen LogP contribution >= 0.6 is 15.9 Å². The molecule has 0 fully saturated rings. The highest BCUT2D eigenvalue weighted by atomic mass is 79.9.